The number of nitrogens with zero attached hydrogens (tertiary/aromatic N) is 2. The molecule has 2 rings (SSSR count). The van der Waals surface area contributed by atoms with E-state index >= 15 is 0 Å². The Balaban J connectivity index is 1.91. The topological polar surface area (TPSA) is 34.9 Å². The van der Waals surface area contributed by atoms with E-state index in [9.17, 15) is 4.79 Å². The number of hydrogen-bond acceptors (Lipinski definition) is 3. The van der Waals surface area contributed by atoms with Gasteiger partial charge in [-0.1, -0.05) is 22.9 Å². The van der Waals surface area contributed by atoms with Crippen molar-refractivity contribution < 1.29 is 4.79 Å². The first-order valence-corrected chi connectivity index (χ1v) is 7.91. The first kappa shape index (κ1) is 14.3. The Labute approximate surface area is 125 Å². The van der Waals surface area contributed by atoms with Gasteiger partial charge in [0.15, 0.2) is 5.78 Å². The maximum Gasteiger partial charge on any atom is 0.176 e. The fourth-order valence-electron chi connectivity index (χ4n) is 1.62. The van der Waals surface area contributed by atoms with Gasteiger partial charge in [0.25, 0.3) is 0 Å². The average molecular weight is 339 g/mol. The molecule has 0 fully saturated rings. The van der Waals surface area contributed by atoms with E-state index in [0.29, 0.717) is 11.3 Å². The summed E-state index contributed by atoms with van der Waals surface area (Å²) in [6.45, 7) is 2.94. The van der Waals surface area contributed by atoms with Gasteiger partial charge in [0.05, 0.1) is 17.5 Å². The zero-order valence-electron chi connectivity index (χ0n) is 10.7. The highest BCUT2D eigenvalue weighted by Crippen LogP contribution is 2.21. The lowest BCUT2D eigenvalue weighted by molar-refractivity contribution is 0.102. The van der Waals surface area contributed by atoms with Gasteiger partial charge >= 0.3 is 0 Å². The van der Waals surface area contributed by atoms with Crippen LogP contribution in [0.3, 0.4) is 0 Å². The predicted octanol–water partition coefficient (Wildman–Crippen LogP) is 4.03. The van der Waals surface area contributed by atoms with Crippen LogP contribution in [0.5, 0.6) is 0 Å². The summed E-state index contributed by atoms with van der Waals surface area (Å²) in [5.74, 6) is 0.565. The lowest BCUT2D eigenvalue weighted by atomic mass is 10.3. The van der Waals surface area contributed by atoms with Crippen molar-refractivity contribution in [1.82, 2.24) is 9.78 Å². The maximum atomic E-state index is 12.0. The predicted molar refractivity (Wildman–Crippen MR) is 81.7 cm³/mol. The second-order valence-corrected chi connectivity index (χ2v) is 6.12. The summed E-state index contributed by atoms with van der Waals surface area (Å²) < 4.78 is 2.86. The van der Waals surface area contributed by atoms with Crippen molar-refractivity contribution in [3.63, 3.8) is 0 Å². The average Bonchev–Trinajstić information content (AvgIpc) is 2.87. The molecule has 19 heavy (non-hydrogen) atoms. The summed E-state index contributed by atoms with van der Waals surface area (Å²) in [6, 6.07) is 7.96. The number of rotatable bonds is 6. The molecule has 0 aliphatic rings. The zero-order valence-corrected chi connectivity index (χ0v) is 13.1. The van der Waals surface area contributed by atoms with Gasteiger partial charge in [-0.2, -0.15) is 5.10 Å². The van der Waals surface area contributed by atoms with Crippen molar-refractivity contribution >= 4 is 33.5 Å². The van der Waals surface area contributed by atoms with Gasteiger partial charge in [-0.05, 0) is 30.7 Å². The maximum absolute atomic E-state index is 12.0. The van der Waals surface area contributed by atoms with Crippen LogP contribution in [0.25, 0.3) is 0 Å². The summed E-state index contributed by atoms with van der Waals surface area (Å²) in [7, 11) is 0. The Morgan fingerprint density at radius 1 is 1.37 bits per heavy atom. The Kier molecular flexibility index (Phi) is 5.22. The molecule has 0 aliphatic heterocycles. The van der Waals surface area contributed by atoms with E-state index in [-0.39, 0.29) is 5.78 Å². The molecule has 0 saturated carbocycles. The second kappa shape index (κ2) is 6.91. The second-order valence-electron chi connectivity index (χ2n) is 4.16. The van der Waals surface area contributed by atoms with Crippen LogP contribution in [0.2, 0.25) is 0 Å². The number of carbonyl (C=O) groups is 1. The molecule has 0 saturated heterocycles. The molecule has 5 heteroatoms. The minimum absolute atomic E-state index is 0.121. The fraction of sp³-hybridized carbons (Fsp3) is 0.286. The van der Waals surface area contributed by atoms with E-state index in [2.05, 4.69) is 28.0 Å². The molecule has 1 aromatic carbocycles. The van der Waals surface area contributed by atoms with Crippen molar-refractivity contribution in [2.24, 2.45) is 0 Å². The van der Waals surface area contributed by atoms with Crippen LogP contribution < -0.4 is 0 Å². The zero-order chi connectivity index (χ0) is 13.7. The Bertz CT molecular complexity index is 551. The van der Waals surface area contributed by atoms with E-state index in [1.54, 1.807) is 18.0 Å². The van der Waals surface area contributed by atoms with Crippen LogP contribution in [-0.2, 0) is 6.54 Å². The Morgan fingerprint density at radius 3 is 2.79 bits per heavy atom. The van der Waals surface area contributed by atoms with Crippen molar-refractivity contribution in [3.05, 3.63) is 46.7 Å². The number of halogens is 1. The van der Waals surface area contributed by atoms with Gasteiger partial charge in [-0.15, -0.1) is 11.8 Å². The SMILES string of the molecule is CCCn1cc(C(=O)CSc2ccc(Br)cc2)cn1. The minimum atomic E-state index is 0.121. The number of carbonyl (C=O) groups excluding carboxylic acids is 1. The van der Waals surface area contributed by atoms with Gasteiger partial charge in [0.2, 0.25) is 0 Å². The van der Waals surface area contributed by atoms with Crippen LogP contribution in [-0.4, -0.2) is 21.3 Å². The van der Waals surface area contributed by atoms with Crippen molar-refractivity contribution in [1.29, 1.82) is 0 Å². The van der Waals surface area contributed by atoms with Gasteiger partial charge in [0, 0.05) is 22.1 Å². The van der Waals surface area contributed by atoms with E-state index in [4.69, 9.17) is 0 Å². The van der Waals surface area contributed by atoms with E-state index in [1.807, 2.05) is 35.1 Å². The smallest absolute Gasteiger partial charge is 0.176 e. The molecule has 0 unspecified atom stereocenters. The third kappa shape index (κ3) is 4.21. The number of ketones is 1. The van der Waals surface area contributed by atoms with Crippen LogP contribution in [0, 0.1) is 0 Å². The summed E-state index contributed by atoms with van der Waals surface area (Å²) in [6.07, 6.45) is 4.50. The van der Waals surface area contributed by atoms with Crippen LogP contribution >= 0.6 is 27.7 Å². The molecule has 0 spiro atoms. The molecule has 1 aromatic heterocycles. The number of thioether (sulfide) groups is 1. The standard InChI is InChI=1S/C14H15BrN2OS/c1-2-7-17-9-11(8-16-17)14(18)10-19-13-5-3-12(15)4-6-13/h3-6,8-9H,2,7,10H2,1H3. The Morgan fingerprint density at radius 2 is 2.11 bits per heavy atom. The van der Waals surface area contributed by atoms with Crippen LogP contribution in [0.15, 0.2) is 46.0 Å². The van der Waals surface area contributed by atoms with Crippen LogP contribution in [0.4, 0.5) is 0 Å². The molecule has 1 heterocycles. The summed E-state index contributed by atoms with van der Waals surface area (Å²) in [4.78, 5) is 13.1. The molecule has 0 amide bonds. The summed E-state index contributed by atoms with van der Waals surface area (Å²) >= 11 is 4.94. The van der Waals surface area contributed by atoms with Crippen LogP contribution in [0.1, 0.15) is 23.7 Å². The molecular weight excluding hydrogens is 324 g/mol. The third-order valence-corrected chi connectivity index (χ3v) is 4.13. The molecule has 100 valence electrons. The van der Waals surface area contributed by atoms with Gasteiger partial charge < -0.3 is 0 Å². The fourth-order valence-corrected chi connectivity index (χ4v) is 2.68. The van der Waals surface area contributed by atoms with E-state index in [0.717, 1.165) is 22.3 Å². The first-order chi connectivity index (χ1) is 9.19. The largest absolute Gasteiger partial charge is 0.293 e. The number of hydrogen-bond donors (Lipinski definition) is 0. The quantitative estimate of drug-likeness (QED) is 0.589. The molecule has 0 bridgehead atoms. The number of Topliss-reactive ketones (excluding diaryl/α,β-unsaturated/α-hetero) is 1. The van der Waals surface area contributed by atoms with E-state index in [1.165, 1.54) is 0 Å². The molecule has 0 radical (unpaired) electrons. The summed E-state index contributed by atoms with van der Waals surface area (Å²) in [5.41, 5.74) is 0.693. The van der Waals surface area contributed by atoms with Gasteiger partial charge in [0.1, 0.15) is 0 Å². The lowest BCUT2D eigenvalue weighted by Crippen LogP contribution is -2.01. The molecule has 0 atom stereocenters. The van der Waals surface area contributed by atoms with Crippen molar-refractivity contribution in [3.8, 4) is 0 Å². The Hall–Kier alpha value is -1.07. The number of aromatic nitrogens is 2. The molecule has 0 aliphatic carbocycles. The lowest BCUT2D eigenvalue weighted by Gasteiger charge is -2.00. The minimum Gasteiger partial charge on any atom is -0.293 e. The first-order valence-electron chi connectivity index (χ1n) is 6.13. The highest BCUT2D eigenvalue weighted by Gasteiger charge is 2.09. The monoisotopic (exact) mass is 338 g/mol. The van der Waals surface area contributed by atoms with Crippen molar-refractivity contribution in [2.75, 3.05) is 5.75 Å². The van der Waals surface area contributed by atoms with Crippen molar-refractivity contribution in [2.45, 2.75) is 24.8 Å². The molecule has 0 N–H and O–H groups in total. The molecular formula is C14H15BrN2OS. The molecule has 2 aromatic rings. The number of benzene rings is 1. The van der Waals surface area contributed by atoms with E-state index < -0.39 is 0 Å². The van der Waals surface area contributed by atoms with Gasteiger partial charge in [-0.3, -0.25) is 9.48 Å². The molecule has 3 nitrogen and oxygen atoms in total. The normalized spacial score (nSPS) is 10.6. The summed E-state index contributed by atoms with van der Waals surface area (Å²) in [5, 5.41) is 4.17. The highest BCUT2D eigenvalue weighted by atomic mass is 79.9. The highest BCUT2D eigenvalue weighted by molar-refractivity contribution is 9.10. The van der Waals surface area contributed by atoms with Gasteiger partial charge in [-0.25, -0.2) is 0 Å². The third-order valence-electron chi connectivity index (χ3n) is 2.59. The number of aryl methyl sites for hydroxylation is 1.